The molecule has 0 saturated carbocycles. The molecule has 29 heavy (non-hydrogen) atoms. The van der Waals surface area contributed by atoms with Gasteiger partial charge in [-0.2, -0.15) is 0 Å². The summed E-state index contributed by atoms with van der Waals surface area (Å²) in [6.45, 7) is 1.55. The van der Waals surface area contributed by atoms with Crippen LogP contribution in [0.25, 0.3) is 5.52 Å². The van der Waals surface area contributed by atoms with E-state index in [0.717, 1.165) is 5.56 Å². The van der Waals surface area contributed by atoms with Gasteiger partial charge in [0.1, 0.15) is 5.82 Å². The lowest BCUT2D eigenvalue weighted by Gasteiger charge is -2.09. The van der Waals surface area contributed by atoms with Gasteiger partial charge in [0.15, 0.2) is 5.69 Å². The number of hydrogen-bond acceptors (Lipinski definition) is 4. The monoisotopic (exact) mass is 397 g/mol. The van der Waals surface area contributed by atoms with Gasteiger partial charge in [-0.1, -0.05) is 18.2 Å². The third-order valence-corrected chi connectivity index (χ3v) is 4.42. The molecular formula is C21H24FN5O2. The number of amides is 2. The third-order valence-electron chi connectivity index (χ3n) is 4.42. The first-order chi connectivity index (χ1) is 14.0. The van der Waals surface area contributed by atoms with Crippen LogP contribution in [0.2, 0.25) is 0 Å². The summed E-state index contributed by atoms with van der Waals surface area (Å²) in [4.78, 5) is 31.4. The van der Waals surface area contributed by atoms with Gasteiger partial charge >= 0.3 is 0 Å². The minimum atomic E-state index is -0.358. The number of nitrogens with zero attached hydrogens (tertiary/aromatic N) is 3. The first kappa shape index (κ1) is 20.5. The number of imidazole rings is 1. The summed E-state index contributed by atoms with van der Waals surface area (Å²) in [5.74, 6) is -0.816. The van der Waals surface area contributed by atoms with E-state index in [0.29, 0.717) is 31.6 Å². The number of carbonyl (C=O) groups excluding carboxylic acids is 2. The number of hydrogen-bond donors (Lipinski definition) is 2. The summed E-state index contributed by atoms with van der Waals surface area (Å²) < 4.78 is 14.6. The first-order valence-corrected chi connectivity index (χ1v) is 9.38. The highest BCUT2D eigenvalue weighted by Crippen LogP contribution is 2.13. The summed E-state index contributed by atoms with van der Waals surface area (Å²) in [6, 6.07) is 11.5. The number of likely N-dealkylation sites (N-methyl/N-ethyl adjacent to an activating group) is 1. The maximum atomic E-state index is 13.0. The Balaban J connectivity index is 1.70. The predicted molar refractivity (Wildman–Crippen MR) is 109 cm³/mol. The normalized spacial score (nSPS) is 11.0. The van der Waals surface area contributed by atoms with E-state index >= 15 is 0 Å². The van der Waals surface area contributed by atoms with Crippen molar-refractivity contribution in [3.05, 3.63) is 71.6 Å². The van der Waals surface area contributed by atoms with Gasteiger partial charge in [-0.05, 0) is 50.3 Å². The molecule has 0 unspecified atom stereocenters. The molecule has 0 aliphatic heterocycles. The lowest BCUT2D eigenvalue weighted by molar-refractivity contribution is 0.0940. The van der Waals surface area contributed by atoms with Crippen molar-refractivity contribution in [2.45, 2.75) is 6.42 Å². The molecule has 3 aromatic rings. The number of halogens is 1. The fourth-order valence-electron chi connectivity index (χ4n) is 2.89. The first-order valence-electron chi connectivity index (χ1n) is 9.38. The van der Waals surface area contributed by atoms with E-state index in [-0.39, 0.29) is 29.1 Å². The van der Waals surface area contributed by atoms with E-state index in [2.05, 4.69) is 15.6 Å². The topological polar surface area (TPSA) is 78.7 Å². The molecule has 3 rings (SSSR count). The van der Waals surface area contributed by atoms with Crippen molar-refractivity contribution in [1.29, 1.82) is 0 Å². The van der Waals surface area contributed by atoms with Crippen LogP contribution in [0.1, 0.15) is 26.7 Å². The average Bonchev–Trinajstić information content (AvgIpc) is 3.09. The van der Waals surface area contributed by atoms with Crippen LogP contribution in [0.3, 0.4) is 0 Å². The van der Waals surface area contributed by atoms with E-state index in [1.54, 1.807) is 40.9 Å². The van der Waals surface area contributed by atoms with Crippen LogP contribution in [0.15, 0.2) is 48.7 Å². The molecule has 7 nitrogen and oxygen atoms in total. The van der Waals surface area contributed by atoms with E-state index in [1.165, 1.54) is 12.1 Å². The summed E-state index contributed by atoms with van der Waals surface area (Å²) in [6.07, 6.45) is 2.27. The predicted octanol–water partition coefficient (Wildman–Crippen LogP) is 1.74. The number of fused-ring (bicyclic) bond motifs is 1. The molecule has 0 fully saturated rings. The lowest BCUT2D eigenvalue weighted by atomic mass is 10.1. The standard InChI is InChI=1S/C21H24FN5O2/c1-26(2)14-12-24-21(29)19-25-18(17-5-3-4-13-27(17)19)20(28)23-11-10-15-6-8-16(22)9-7-15/h3-9,13H,10-12,14H2,1-2H3,(H,23,28)(H,24,29). The molecule has 2 aromatic heterocycles. The molecule has 0 bridgehead atoms. The van der Waals surface area contributed by atoms with Gasteiger partial charge in [-0.25, -0.2) is 9.37 Å². The Kier molecular flexibility index (Phi) is 6.56. The van der Waals surface area contributed by atoms with Crippen molar-refractivity contribution in [2.24, 2.45) is 0 Å². The molecule has 2 amide bonds. The molecule has 2 heterocycles. The zero-order valence-electron chi connectivity index (χ0n) is 16.5. The minimum absolute atomic E-state index is 0.169. The van der Waals surface area contributed by atoms with Gasteiger partial charge in [0, 0.05) is 25.8 Å². The largest absolute Gasteiger partial charge is 0.350 e. The molecule has 8 heteroatoms. The van der Waals surface area contributed by atoms with E-state index in [4.69, 9.17) is 0 Å². The molecule has 0 aliphatic rings. The summed E-state index contributed by atoms with van der Waals surface area (Å²) >= 11 is 0. The van der Waals surface area contributed by atoms with Crippen molar-refractivity contribution in [1.82, 2.24) is 24.9 Å². The van der Waals surface area contributed by atoms with E-state index in [1.807, 2.05) is 19.0 Å². The molecule has 0 aliphatic carbocycles. The van der Waals surface area contributed by atoms with Crippen LogP contribution < -0.4 is 10.6 Å². The van der Waals surface area contributed by atoms with Crippen molar-refractivity contribution in [3.8, 4) is 0 Å². The molecule has 0 atom stereocenters. The van der Waals surface area contributed by atoms with E-state index < -0.39 is 0 Å². The van der Waals surface area contributed by atoms with Gasteiger partial charge in [0.2, 0.25) is 5.82 Å². The summed E-state index contributed by atoms with van der Waals surface area (Å²) in [5.41, 5.74) is 1.68. The smallest absolute Gasteiger partial charge is 0.287 e. The molecule has 1 aromatic carbocycles. The zero-order chi connectivity index (χ0) is 20.8. The van der Waals surface area contributed by atoms with Crippen molar-refractivity contribution >= 4 is 17.3 Å². The summed E-state index contributed by atoms with van der Waals surface area (Å²) in [5, 5.41) is 5.64. The lowest BCUT2D eigenvalue weighted by Crippen LogP contribution is -2.32. The second-order valence-corrected chi connectivity index (χ2v) is 6.93. The van der Waals surface area contributed by atoms with Crippen LogP contribution in [0.4, 0.5) is 4.39 Å². The quantitative estimate of drug-likeness (QED) is 0.607. The maximum absolute atomic E-state index is 13.0. The van der Waals surface area contributed by atoms with Crippen molar-refractivity contribution < 1.29 is 14.0 Å². The highest BCUT2D eigenvalue weighted by atomic mass is 19.1. The number of carbonyl (C=O) groups is 2. The second-order valence-electron chi connectivity index (χ2n) is 6.93. The number of rotatable bonds is 8. The minimum Gasteiger partial charge on any atom is -0.350 e. The molecular weight excluding hydrogens is 373 g/mol. The van der Waals surface area contributed by atoms with Gasteiger partial charge < -0.3 is 15.5 Å². The van der Waals surface area contributed by atoms with Crippen molar-refractivity contribution in [3.63, 3.8) is 0 Å². The SMILES string of the molecule is CN(C)CCNC(=O)c1nc(C(=O)NCCc2ccc(F)cc2)c2ccccn12. The Morgan fingerprint density at radius 3 is 2.48 bits per heavy atom. The fourth-order valence-corrected chi connectivity index (χ4v) is 2.89. The highest BCUT2D eigenvalue weighted by Gasteiger charge is 2.21. The maximum Gasteiger partial charge on any atom is 0.287 e. The fraction of sp³-hybridized carbons (Fsp3) is 0.286. The molecule has 0 spiro atoms. The molecule has 0 radical (unpaired) electrons. The Morgan fingerprint density at radius 2 is 1.76 bits per heavy atom. The van der Waals surface area contributed by atoms with Crippen LogP contribution in [0.5, 0.6) is 0 Å². The van der Waals surface area contributed by atoms with Gasteiger partial charge in [-0.15, -0.1) is 0 Å². The molecule has 0 saturated heterocycles. The van der Waals surface area contributed by atoms with Gasteiger partial charge in [0.25, 0.3) is 11.8 Å². The summed E-state index contributed by atoms with van der Waals surface area (Å²) in [7, 11) is 3.84. The molecule has 152 valence electrons. The van der Waals surface area contributed by atoms with Crippen molar-refractivity contribution in [2.75, 3.05) is 33.7 Å². The Bertz CT molecular complexity index is 998. The highest BCUT2D eigenvalue weighted by molar-refractivity contribution is 6.02. The van der Waals surface area contributed by atoms with E-state index in [9.17, 15) is 14.0 Å². The third kappa shape index (κ3) is 5.17. The van der Waals surface area contributed by atoms with Crippen LogP contribution in [-0.2, 0) is 6.42 Å². The zero-order valence-corrected chi connectivity index (χ0v) is 16.5. The number of benzene rings is 1. The van der Waals surface area contributed by atoms with Crippen LogP contribution in [-0.4, -0.2) is 59.8 Å². The number of aromatic nitrogens is 2. The Morgan fingerprint density at radius 1 is 1.03 bits per heavy atom. The van der Waals surface area contributed by atoms with Gasteiger partial charge in [0.05, 0.1) is 5.52 Å². The average molecular weight is 397 g/mol. The number of pyridine rings is 1. The second kappa shape index (κ2) is 9.29. The number of nitrogens with one attached hydrogen (secondary N) is 2. The van der Waals surface area contributed by atoms with Crippen LogP contribution >= 0.6 is 0 Å². The van der Waals surface area contributed by atoms with Gasteiger partial charge in [-0.3, -0.25) is 14.0 Å². The molecule has 2 N–H and O–H groups in total. The van der Waals surface area contributed by atoms with Crippen LogP contribution in [0, 0.1) is 5.82 Å². The Labute approximate surface area is 168 Å². The Hall–Kier alpha value is -3.26.